The number of hydrogen-bond acceptors (Lipinski definition) is 2. The molecule has 0 spiro atoms. The van der Waals surface area contributed by atoms with Gasteiger partial charge in [-0.3, -0.25) is 0 Å². The Hall–Kier alpha value is -1.38. The summed E-state index contributed by atoms with van der Waals surface area (Å²) in [5, 5.41) is 0. The van der Waals surface area contributed by atoms with E-state index in [0.717, 1.165) is 11.4 Å². The van der Waals surface area contributed by atoms with Crippen LogP contribution in [0.4, 0.5) is 5.82 Å². The molecule has 0 saturated carbocycles. The van der Waals surface area contributed by atoms with Crippen molar-refractivity contribution in [1.82, 2.24) is 4.98 Å². The number of aromatic nitrogens is 1. The van der Waals surface area contributed by atoms with E-state index < -0.39 is 0 Å². The summed E-state index contributed by atoms with van der Waals surface area (Å²) in [6, 6.07) is 3.89. The lowest BCUT2D eigenvalue weighted by atomic mass is 10.3. The minimum Gasteiger partial charge on any atom is -0.463 e. The molecule has 0 amide bonds. The SMILES string of the molecule is C1=[NH+]c2ncccc2CO1. The summed E-state index contributed by atoms with van der Waals surface area (Å²) in [7, 11) is 0. The number of ether oxygens (including phenoxy) is 1. The monoisotopic (exact) mass is 135 g/mol. The van der Waals surface area contributed by atoms with Gasteiger partial charge in [-0.25, -0.2) is 4.99 Å². The highest BCUT2D eigenvalue weighted by Crippen LogP contribution is 2.07. The van der Waals surface area contributed by atoms with Crippen LogP contribution in [0.5, 0.6) is 0 Å². The maximum absolute atomic E-state index is 5.02. The third kappa shape index (κ3) is 0.757. The lowest BCUT2D eigenvalue weighted by molar-refractivity contribution is -0.372. The number of nitrogens with one attached hydrogen (secondary N) is 1. The smallest absolute Gasteiger partial charge is 0.329 e. The molecule has 1 aromatic heterocycles. The van der Waals surface area contributed by atoms with Gasteiger partial charge in [-0.05, 0) is 17.1 Å². The first-order valence-corrected chi connectivity index (χ1v) is 3.10. The van der Waals surface area contributed by atoms with Crippen molar-refractivity contribution in [3.8, 4) is 0 Å². The first-order chi connectivity index (χ1) is 4.97. The molecule has 3 nitrogen and oxygen atoms in total. The van der Waals surface area contributed by atoms with Crippen LogP contribution in [0, 0.1) is 0 Å². The summed E-state index contributed by atoms with van der Waals surface area (Å²) in [6.45, 7) is 0.621. The average Bonchev–Trinajstić information content (AvgIpc) is 2.05. The van der Waals surface area contributed by atoms with Gasteiger partial charge in [0.25, 0.3) is 0 Å². The molecule has 2 rings (SSSR count). The molecule has 0 saturated heterocycles. The molecule has 0 radical (unpaired) electrons. The summed E-state index contributed by atoms with van der Waals surface area (Å²) in [5.74, 6) is 0.897. The largest absolute Gasteiger partial charge is 0.463 e. The van der Waals surface area contributed by atoms with E-state index in [-0.39, 0.29) is 0 Å². The number of rotatable bonds is 0. The Labute approximate surface area is 58.4 Å². The van der Waals surface area contributed by atoms with Crippen LogP contribution in [0.3, 0.4) is 0 Å². The first-order valence-electron chi connectivity index (χ1n) is 3.10. The highest BCUT2D eigenvalue weighted by atomic mass is 16.5. The van der Waals surface area contributed by atoms with Crippen molar-refractivity contribution < 1.29 is 9.73 Å². The minimum absolute atomic E-state index is 0.621. The Morgan fingerprint density at radius 3 is 3.50 bits per heavy atom. The molecule has 0 fully saturated rings. The zero-order chi connectivity index (χ0) is 6.81. The Morgan fingerprint density at radius 2 is 2.60 bits per heavy atom. The zero-order valence-electron chi connectivity index (χ0n) is 5.37. The van der Waals surface area contributed by atoms with Crippen LogP contribution in [-0.4, -0.2) is 11.4 Å². The average molecular weight is 135 g/mol. The van der Waals surface area contributed by atoms with Crippen molar-refractivity contribution in [2.45, 2.75) is 6.61 Å². The summed E-state index contributed by atoms with van der Waals surface area (Å²) in [6.07, 6.45) is 3.31. The Bertz CT molecular complexity index is 270. The molecule has 0 unspecified atom stereocenters. The normalized spacial score (nSPS) is 14.0. The third-order valence-electron chi connectivity index (χ3n) is 1.41. The predicted molar refractivity (Wildman–Crippen MR) is 35.7 cm³/mol. The van der Waals surface area contributed by atoms with E-state index in [4.69, 9.17) is 4.74 Å². The molecule has 1 aromatic rings. The Balaban J connectivity index is 2.54. The summed E-state index contributed by atoms with van der Waals surface area (Å²) in [4.78, 5) is 7.00. The van der Waals surface area contributed by atoms with Crippen LogP contribution in [0.15, 0.2) is 18.3 Å². The summed E-state index contributed by atoms with van der Waals surface area (Å²) >= 11 is 0. The summed E-state index contributed by atoms with van der Waals surface area (Å²) < 4.78 is 5.02. The quantitative estimate of drug-likeness (QED) is 0.513. The van der Waals surface area contributed by atoms with Crippen molar-refractivity contribution in [3.05, 3.63) is 23.9 Å². The highest BCUT2D eigenvalue weighted by Gasteiger charge is 2.11. The van der Waals surface area contributed by atoms with E-state index in [2.05, 4.69) is 9.98 Å². The number of nitrogens with zero attached hydrogens (tertiary/aromatic N) is 1. The van der Waals surface area contributed by atoms with Gasteiger partial charge in [0.1, 0.15) is 12.8 Å². The lowest BCUT2D eigenvalue weighted by Crippen LogP contribution is -2.64. The zero-order valence-corrected chi connectivity index (χ0v) is 5.37. The molecule has 50 valence electrons. The van der Waals surface area contributed by atoms with Crippen molar-refractivity contribution in [2.75, 3.05) is 0 Å². The molecular formula is C7H7N2O+. The molecule has 0 bridgehead atoms. The topological polar surface area (TPSA) is 36.1 Å². The van der Waals surface area contributed by atoms with Crippen LogP contribution in [0.1, 0.15) is 5.56 Å². The van der Waals surface area contributed by atoms with E-state index in [1.807, 2.05) is 12.1 Å². The standard InChI is InChI=1S/C7H6N2O/c1-2-6-4-10-5-9-7(6)8-3-1/h1-3,5H,4H2/p+1. The minimum atomic E-state index is 0.621. The predicted octanol–water partition coefficient (Wildman–Crippen LogP) is -0.648. The molecule has 1 aliphatic heterocycles. The molecule has 3 heteroatoms. The van der Waals surface area contributed by atoms with Crippen molar-refractivity contribution in [2.24, 2.45) is 0 Å². The van der Waals surface area contributed by atoms with E-state index in [1.54, 1.807) is 12.6 Å². The molecule has 2 heterocycles. The van der Waals surface area contributed by atoms with Crippen LogP contribution < -0.4 is 4.99 Å². The number of fused-ring (bicyclic) bond motifs is 1. The number of pyridine rings is 1. The molecule has 1 N–H and O–H groups in total. The molecular weight excluding hydrogens is 128 g/mol. The fourth-order valence-corrected chi connectivity index (χ4v) is 0.914. The second kappa shape index (κ2) is 2.10. The fourth-order valence-electron chi connectivity index (χ4n) is 0.914. The van der Waals surface area contributed by atoms with E-state index in [9.17, 15) is 0 Å². The van der Waals surface area contributed by atoms with Crippen molar-refractivity contribution >= 4 is 12.2 Å². The Kier molecular flexibility index (Phi) is 1.13. The van der Waals surface area contributed by atoms with Gasteiger partial charge in [0.15, 0.2) is 0 Å². The molecule has 0 atom stereocenters. The number of hydrogen-bond donors (Lipinski definition) is 1. The van der Waals surface area contributed by atoms with Crippen molar-refractivity contribution in [1.29, 1.82) is 0 Å². The van der Waals surface area contributed by atoms with Gasteiger partial charge in [-0.15, -0.1) is 0 Å². The van der Waals surface area contributed by atoms with E-state index in [1.165, 1.54) is 0 Å². The lowest BCUT2D eigenvalue weighted by Gasteiger charge is -2.02. The second-order valence-corrected chi connectivity index (χ2v) is 2.08. The molecule has 1 aliphatic rings. The Morgan fingerprint density at radius 1 is 1.60 bits per heavy atom. The third-order valence-corrected chi connectivity index (χ3v) is 1.41. The first kappa shape index (κ1) is 5.41. The summed E-state index contributed by atoms with van der Waals surface area (Å²) in [5.41, 5.74) is 1.10. The van der Waals surface area contributed by atoms with E-state index in [0.29, 0.717) is 6.61 Å². The highest BCUT2D eigenvalue weighted by molar-refractivity contribution is 5.45. The van der Waals surface area contributed by atoms with Gasteiger partial charge in [0.05, 0.1) is 5.56 Å². The van der Waals surface area contributed by atoms with Gasteiger partial charge < -0.3 is 4.74 Å². The van der Waals surface area contributed by atoms with Gasteiger partial charge in [-0.1, -0.05) is 0 Å². The van der Waals surface area contributed by atoms with Crippen molar-refractivity contribution in [3.63, 3.8) is 0 Å². The molecule has 0 aromatic carbocycles. The van der Waals surface area contributed by atoms with Gasteiger partial charge >= 0.3 is 5.82 Å². The molecule has 0 aliphatic carbocycles. The van der Waals surface area contributed by atoms with Crippen LogP contribution in [0.25, 0.3) is 0 Å². The van der Waals surface area contributed by atoms with Gasteiger partial charge in [0.2, 0.25) is 6.40 Å². The molecule has 10 heavy (non-hydrogen) atoms. The van der Waals surface area contributed by atoms with Crippen LogP contribution in [0.2, 0.25) is 0 Å². The van der Waals surface area contributed by atoms with Gasteiger partial charge in [-0.2, -0.15) is 0 Å². The fraction of sp³-hybridized carbons (Fsp3) is 0.143. The van der Waals surface area contributed by atoms with Crippen LogP contribution >= 0.6 is 0 Å². The van der Waals surface area contributed by atoms with Crippen LogP contribution in [-0.2, 0) is 11.3 Å². The second-order valence-electron chi connectivity index (χ2n) is 2.08. The maximum Gasteiger partial charge on any atom is 0.329 e. The van der Waals surface area contributed by atoms with Gasteiger partial charge in [0, 0.05) is 0 Å². The maximum atomic E-state index is 5.02. The van der Waals surface area contributed by atoms with E-state index >= 15 is 0 Å².